The van der Waals surface area contributed by atoms with Gasteiger partial charge in [0.15, 0.2) is 0 Å². The first-order valence-electron chi connectivity index (χ1n) is 8.40. The number of pyridine rings is 1. The molecule has 0 unspecified atom stereocenters. The van der Waals surface area contributed by atoms with Crippen molar-refractivity contribution in [1.82, 2.24) is 10.3 Å². The topological polar surface area (TPSA) is 77.8 Å². The first kappa shape index (κ1) is 18.1. The molecule has 3 aromatic rings. The number of rotatable bonds is 6. The number of amides is 1. The third kappa shape index (κ3) is 4.89. The van der Waals surface area contributed by atoms with Crippen LogP contribution in [0.2, 0.25) is 0 Å². The zero-order valence-electron chi connectivity index (χ0n) is 14.4. The minimum absolute atomic E-state index is 0.255. The summed E-state index contributed by atoms with van der Waals surface area (Å²) in [4.78, 5) is 16.4. The van der Waals surface area contributed by atoms with E-state index in [9.17, 15) is 9.18 Å². The molecule has 1 aromatic heterocycles. The zero-order chi connectivity index (χ0) is 19.1. The van der Waals surface area contributed by atoms with Gasteiger partial charge in [0.05, 0.1) is 11.6 Å². The molecule has 6 heteroatoms. The molecule has 0 saturated carbocycles. The Morgan fingerprint density at radius 1 is 1.07 bits per heavy atom. The molecule has 0 bridgehead atoms. The van der Waals surface area contributed by atoms with E-state index in [-0.39, 0.29) is 17.4 Å². The number of nitrogens with one attached hydrogen (secondary N) is 2. The van der Waals surface area contributed by atoms with Crippen LogP contribution in [0.15, 0.2) is 66.9 Å². The van der Waals surface area contributed by atoms with Crippen LogP contribution in [0, 0.1) is 17.1 Å². The van der Waals surface area contributed by atoms with Gasteiger partial charge in [-0.15, -0.1) is 0 Å². The van der Waals surface area contributed by atoms with Crippen molar-refractivity contribution in [3.05, 3.63) is 89.5 Å². The number of benzene rings is 2. The molecular weight excluding hydrogens is 343 g/mol. The monoisotopic (exact) mass is 360 g/mol. The van der Waals surface area contributed by atoms with Gasteiger partial charge in [-0.1, -0.05) is 24.3 Å². The number of anilines is 2. The number of carbonyl (C=O) groups is 1. The second-order valence-corrected chi connectivity index (χ2v) is 5.84. The third-order valence-corrected chi connectivity index (χ3v) is 3.91. The van der Waals surface area contributed by atoms with Gasteiger partial charge in [0.25, 0.3) is 5.91 Å². The summed E-state index contributed by atoms with van der Waals surface area (Å²) in [6, 6.07) is 19.0. The fraction of sp³-hybridized carbons (Fsp3) is 0.0952. The van der Waals surface area contributed by atoms with Gasteiger partial charge in [-0.3, -0.25) is 9.78 Å². The molecule has 0 aliphatic heterocycles. The van der Waals surface area contributed by atoms with Gasteiger partial charge < -0.3 is 10.6 Å². The molecule has 0 spiro atoms. The van der Waals surface area contributed by atoms with E-state index in [4.69, 9.17) is 5.26 Å². The first-order valence-corrected chi connectivity index (χ1v) is 8.40. The number of nitrogens with zero attached hydrogens (tertiary/aromatic N) is 2. The molecule has 0 aliphatic carbocycles. The average molecular weight is 360 g/mol. The Kier molecular flexibility index (Phi) is 5.75. The Labute approximate surface area is 156 Å². The highest BCUT2D eigenvalue weighted by Gasteiger charge is 2.09. The lowest BCUT2D eigenvalue weighted by Gasteiger charge is -2.09. The Bertz CT molecular complexity index is 997. The number of hydrogen-bond donors (Lipinski definition) is 2. The Morgan fingerprint density at radius 3 is 2.70 bits per heavy atom. The van der Waals surface area contributed by atoms with Crippen LogP contribution in [-0.2, 0) is 6.42 Å². The van der Waals surface area contributed by atoms with Gasteiger partial charge in [-0.2, -0.15) is 5.26 Å². The Hall–Kier alpha value is -3.72. The molecular formula is C21H17FN4O. The van der Waals surface area contributed by atoms with E-state index in [1.807, 2.05) is 6.07 Å². The molecule has 27 heavy (non-hydrogen) atoms. The summed E-state index contributed by atoms with van der Waals surface area (Å²) in [6.07, 6.45) is 1.93. The molecule has 5 nitrogen and oxygen atoms in total. The molecule has 1 heterocycles. The lowest BCUT2D eigenvalue weighted by Crippen LogP contribution is -2.26. The van der Waals surface area contributed by atoms with E-state index >= 15 is 0 Å². The molecule has 0 saturated heterocycles. The third-order valence-electron chi connectivity index (χ3n) is 3.91. The van der Waals surface area contributed by atoms with Gasteiger partial charge >= 0.3 is 0 Å². The van der Waals surface area contributed by atoms with Crippen LogP contribution in [0.3, 0.4) is 0 Å². The van der Waals surface area contributed by atoms with Gasteiger partial charge in [0, 0.05) is 24.1 Å². The highest BCUT2D eigenvalue weighted by Crippen LogP contribution is 2.18. The van der Waals surface area contributed by atoms with E-state index in [2.05, 4.69) is 21.7 Å². The molecule has 0 fully saturated rings. The van der Waals surface area contributed by atoms with Crippen molar-refractivity contribution in [2.24, 2.45) is 0 Å². The van der Waals surface area contributed by atoms with E-state index in [0.29, 0.717) is 29.8 Å². The average Bonchev–Trinajstić information content (AvgIpc) is 2.69. The van der Waals surface area contributed by atoms with Gasteiger partial charge in [-0.05, 0) is 48.4 Å². The molecule has 0 aliphatic rings. The van der Waals surface area contributed by atoms with Crippen LogP contribution in [-0.4, -0.2) is 17.4 Å². The summed E-state index contributed by atoms with van der Waals surface area (Å²) in [5.74, 6) is -0.614. The number of carbonyl (C=O) groups excluding carboxylic acids is 1. The fourth-order valence-electron chi connectivity index (χ4n) is 2.57. The molecule has 134 valence electrons. The van der Waals surface area contributed by atoms with Crippen molar-refractivity contribution < 1.29 is 9.18 Å². The van der Waals surface area contributed by atoms with Crippen LogP contribution in [0.4, 0.5) is 15.8 Å². The summed E-state index contributed by atoms with van der Waals surface area (Å²) < 4.78 is 13.6. The number of halogens is 1. The smallest absolute Gasteiger partial charge is 0.269 e. The van der Waals surface area contributed by atoms with Crippen LogP contribution in [0.25, 0.3) is 0 Å². The molecule has 1 amide bonds. The number of aromatic nitrogens is 1. The van der Waals surface area contributed by atoms with E-state index < -0.39 is 0 Å². The lowest BCUT2D eigenvalue weighted by molar-refractivity contribution is 0.0949. The summed E-state index contributed by atoms with van der Waals surface area (Å²) in [5.41, 5.74) is 2.77. The number of hydrogen-bond acceptors (Lipinski definition) is 4. The maximum atomic E-state index is 13.6. The molecule has 2 aromatic carbocycles. The molecule has 0 radical (unpaired) electrons. The van der Waals surface area contributed by atoms with Gasteiger partial charge in [0.2, 0.25) is 0 Å². The van der Waals surface area contributed by atoms with Crippen molar-refractivity contribution in [3.63, 3.8) is 0 Å². The first-order chi connectivity index (χ1) is 13.2. The van der Waals surface area contributed by atoms with Gasteiger partial charge in [0.1, 0.15) is 11.5 Å². The summed E-state index contributed by atoms with van der Waals surface area (Å²) in [5, 5.41) is 14.9. The zero-order valence-corrected chi connectivity index (χ0v) is 14.4. The lowest BCUT2D eigenvalue weighted by atomic mass is 10.1. The summed E-state index contributed by atoms with van der Waals surface area (Å²) in [6.45, 7) is 0.309. The molecule has 3 rings (SSSR count). The van der Waals surface area contributed by atoms with Crippen molar-refractivity contribution in [2.75, 3.05) is 11.9 Å². The summed E-state index contributed by atoms with van der Waals surface area (Å²) in [7, 11) is 0. The normalized spacial score (nSPS) is 10.1. The summed E-state index contributed by atoms with van der Waals surface area (Å²) >= 11 is 0. The van der Waals surface area contributed by atoms with Crippen LogP contribution >= 0.6 is 0 Å². The van der Waals surface area contributed by atoms with E-state index in [1.165, 1.54) is 12.3 Å². The minimum atomic E-state index is -0.333. The van der Waals surface area contributed by atoms with Crippen molar-refractivity contribution in [2.45, 2.75) is 6.42 Å². The second-order valence-electron chi connectivity index (χ2n) is 5.84. The van der Waals surface area contributed by atoms with E-state index in [0.717, 1.165) is 5.69 Å². The minimum Gasteiger partial charge on any atom is -0.355 e. The van der Waals surface area contributed by atoms with Crippen molar-refractivity contribution in [1.29, 1.82) is 5.26 Å². The molecule has 0 atom stereocenters. The molecule has 2 N–H and O–H groups in total. The fourth-order valence-corrected chi connectivity index (χ4v) is 2.57. The quantitative estimate of drug-likeness (QED) is 0.701. The predicted molar refractivity (Wildman–Crippen MR) is 101 cm³/mol. The predicted octanol–water partition coefficient (Wildman–Crippen LogP) is 3.81. The maximum Gasteiger partial charge on any atom is 0.269 e. The Morgan fingerprint density at radius 2 is 1.89 bits per heavy atom. The van der Waals surface area contributed by atoms with Crippen LogP contribution in [0.1, 0.15) is 21.6 Å². The number of nitriles is 1. The Balaban J connectivity index is 1.61. The maximum absolute atomic E-state index is 13.6. The second kappa shape index (κ2) is 8.59. The highest BCUT2D eigenvalue weighted by atomic mass is 19.1. The van der Waals surface area contributed by atoms with Crippen molar-refractivity contribution in [3.8, 4) is 6.07 Å². The van der Waals surface area contributed by atoms with Crippen LogP contribution in [0.5, 0.6) is 0 Å². The standard InChI is InChI=1S/C21H17FN4O/c22-19-7-2-1-5-16(19)8-10-25-21(27)20-13-18(9-11-24-20)26-17-6-3-4-15(12-17)14-23/h1-7,9,11-13H,8,10H2,(H,24,26)(H,25,27). The van der Waals surface area contributed by atoms with Crippen LogP contribution < -0.4 is 10.6 Å². The SMILES string of the molecule is N#Cc1cccc(Nc2ccnc(C(=O)NCCc3ccccc3F)c2)c1. The highest BCUT2D eigenvalue weighted by molar-refractivity contribution is 5.93. The van der Waals surface area contributed by atoms with Crippen molar-refractivity contribution >= 4 is 17.3 Å². The van der Waals surface area contributed by atoms with E-state index in [1.54, 1.807) is 48.5 Å². The van der Waals surface area contributed by atoms with Gasteiger partial charge in [-0.25, -0.2) is 4.39 Å². The largest absolute Gasteiger partial charge is 0.355 e.